The van der Waals surface area contributed by atoms with Crippen molar-refractivity contribution in [1.82, 2.24) is 20.0 Å². The molecule has 10 nitrogen and oxygen atoms in total. The number of carbonyl (C=O) groups is 1. The molecule has 2 aromatic rings. The van der Waals surface area contributed by atoms with Crippen molar-refractivity contribution in [2.24, 2.45) is 0 Å². The van der Waals surface area contributed by atoms with Gasteiger partial charge >= 0.3 is 6.03 Å². The van der Waals surface area contributed by atoms with Gasteiger partial charge in [0.2, 0.25) is 5.89 Å². The zero-order valence-electron chi connectivity index (χ0n) is 21.1. The number of carbonyl (C=O) groups excluding carboxylic acids is 1. The third-order valence-electron chi connectivity index (χ3n) is 8.50. The van der Waals surface area contributed by atoms with Gasteiger partial charge < -0.3 is 24.4 Å². The van der Waals surface area contributed by atoms with E-state index in [0.29, 0.717) is 67.7 Å². The fourth-order valence-electron chi connectivity index (χ4n) is 5.83. The minimum absolute atomic E-state index is 0.166. The van der Waals surface area contributed by atoms with Crippen LogP contribution in [0.15, 0.2) is 16.8 Å². The second-order valence-electron chi connectivity index (χ2n) is 11.1. The number of nitriles is 1. The van der Waals surface area contributed by atoms with Gasteiger partial charge in [0.15, 0.2) is 11.6 Å². The number of anilines is 2. The van der Waals surface area contributed by atoms with Crippen molar-refractivity contribution >= 4 is 17.5 Å². The lowest BCUT2D eigenvalue weighted by molar-refractivity contribution is -0.0622. The Balaban J connectivity index is 1.13. The highest BCUT2D eigenvalue weighted by Gasteiger charge is 2.45. The quantitative estimate of drug-likeness (QED) is 0.659. The van der Waals surface area contributed by atoms with Gasteiger partial charge in [0.05, 0.1) is 17.1 Å². The number of hydrogen-bond donors (Lipinski definition) is 1. The second kappa shape index (κ2) is 9.24. The molecule has 0 bridgehead atoms. The number of nitrogens with one attached hydrogen (secondary N) is 1. The van der Waals surface area contributed by atoms with Gasteiger partial charge in [-0.25, -0.2) is 14.2 Å². The molecule has 2 amide bonds. The summed E-state index contributed by atoms with van der Waals surface area (Å²) < 4.78 is 24.9. The van der Waals surface area contributed by atoms with Crippen LogP contribution in [0.3, 0.4) is 0 Å². The molecule has 11 heteroatoms. The lowest BCUT2D eigenvalue weighted by atomic mass is 9.80. The van der Waals surface area contributed by atoms with Gasteiger partial charge in [-0.3, -0.25) is 0 Å². The van der Waals surface area contributed by atoms with Gasteiger partial charge in [-0.1, -0.05) is 12.1 Å². The van der Waals surface area contributed by atoms with Crippen molar-refractivity contribution < 1.29 is 18.4 Å². The molecule has 3 aliphatic heterocycles. The molecule has 6 rings (SSSR count). The zero-order valence-corrected chi connectivity index (χ0v) is 21.1. The van der Waals surface area contributed by atoms with Gasteiger partial charge in [0.1, 0.15) is 17.9 Å². The molecule has 1 spiro atoms. The molecule has 37 heavy (non-hydrogen) atoms. The highest BCUT2D eigenvalue weighted by Crippen LogP contribution is 2.44. The predicted octanol–water partition coefficient (Wildman–Crippen LogP) is 3.90. The van der Waals surface area contributed by atoms with Crippen LogP contribution in [0.4, 0.5) is 20.7 Å². The maximum atomic E-state index is 13.4. The molecule has 4 fully saturated rings. The maximum absolute atomic E-state index is 13.4. The summed E-state index contributed by atoms with van der Waals surface area (Å²) in [6.45, 7) is 5.30. The lowest BCUT2D eigenvalue weighted by Gasteiger charge is -2.37. The normalized spacial score (nSPS) is 28.8. The molecule has 0 radical (unpaired) electrons. The Bertz CT molecular complexity index is 1210. The zero-order chi connectivity index (χ0) is 25.6. The molecular formula is C26H32FN7O3. The first-order valence-electron chi connectivity index (χ1n) is 13.2. The van der Waals surface area contributed by atoms with Crippen LogP contribution < -0.4 is 10.2 Å². The summed E-state index contributed by atoms with van der Waals surface area (Å²) in [5.74, 6) is 1.30. The van der Waals surface area contributed by atoms with Crippen LogP contribution in [-0.4, -0.2) is 70.6 Å². The molecule has 1 unspecified atom stereocenters. The van der Waals surface area contributed by atoms with E-state index in [1.165, 1.54) is 0 Å². The first-order valence-corrected chi connectivity index (χ1v) is 13.2. The van der Waals surface area contributed by atoms with Gasteiger partial charge in [-0.2, -0.15) is 10.2 Å². The topological polar surface area (TPSA) is 120 Å². The minimum atomic E-state index is -0.886. The number of urea groups is 1. The minimum Gasteiger partial charge on any atom is -0.373 e. The number of ether oxygens (including phenoxy) is 1. The first-order chi connectivity index (χ1) is 17.9. The van der Waals surface area contributed by atoms with Crippen LogP contribution in [0.25, 0.3) is 0 Å². The lowest BCUT2D eigenvalue weighted by Crippen LogP contribution is -2.46. The fourth-order valence-corrected chi connectivity index (χ4v) is 5.83. The Morgan fingerprint density at radius 2 is 2.05 bits per heavy atom. The highest BCUT2D eigenvalue weighted by atomic mass is 19.1. The van der Waals surface area contributed by atoms with Crippen LogP contribution in [0.1, 0.15) is 75.1 Å². The predicted molar refractivity (Wildman–Crippen MR) is 132 cm³/mol. The van der Waals surface area contributed by atoms with Crippen molar-refractivity contribution in [3.63, 3.8) is 0 Å². The van der Waals surface area contributed by atoms with E-state index in [-0.39, 0.29) is 23.0 Å². The summed E-state index contributed by atoms with van der Waals surface area (Å²) in [6.07, 6.45) is 6.66. The molecule has 3 saturated heterocycles. The van der Waals surface area contributed by atoms with E-state index in [1.807, 2.05) is 0 Å². The third kappa shape index (κ3) is 4.52. The standard InChI is InChI=1S/C26H32FN7O3/c1-25(23-31-22(37-32-23)18-14-19(18)27)6-10-33(11-7-25)24(35)30-20-17(15-28)4-9-29-21(20)34-12-8-26(16-34)5-2-3-13-36-26/h4,9,18-19H,2-3,5-8,10-14,16H2,1H3,(H,30,35)/t18-,19+,26?/m1/s1. The van der Waals surface area contributed by atoms with Crippen LogP contribution >= 0.6 is 0 Å². The summed E-state index contributed by atoms with van der Waals surface area (Å²) in [6, 6.07) is 3.58. The van der Waals surface area contributed by atoms with Crippen molar-refractivity contribution in [3.05, 3.63) is 29.5 Å². The maximum Gasteiger partial charge on any atom is 0.321 e. The molecule has 2 aromatic heterocycles. The summed E-state index contributed by atoms with van der Waals surface area (Å²) in [5.41, 5.74) is 0.321. The fraction of sp³-hybridized carbons (Fsp3) is 0.654. The summed E-state index contributed by atoms with van der Waals surface area (Å²) in [5, 5.41) is 16.9. The van der Waals surface area contributed by atoms with Gasteiger partial charge in [-0.05, 0) is 51.0 Å². The molecule has 1 aliphatic carbocycles. The van der Waals surface area contributed by atoms with Gasteiger partial charge in [-0.15, -0.1) is 0 Å². The summed E-state index contributed by atoms with van der Waals surface area (Å²) in [7, 11) is 0. The van der Waals surface area contributed by atoms with E-state index in [1.54, 1.807) is 17.2 Å². The van der Waals surface area contributed by atoms with Crippen LogP contribution in [0.5, 0.6) is 0 Å². The molecule has 0 aromatic carbocycles. The molecule has 1 saturated carbocycles. The summed E-state index contributed by atoms with van der Waals surface area (Å²) >= 11 is 0. The van der Waals surface area contributed by atoms with E-state index >= 15 is 0 Å². The van der Waals surface area contributed by atoms with Crippen LogP contribution in [0.2, 0.25) is 0 Å². The van der Waals surface area contributed by atoms with Crippen LogP contribution in [-0.2, 0) is 10.2 Å². The first kappa shape index (κ1) is 24.1. The highest BCUT2D eigenvalue weighted by molar-refractivity contribution is 5.94. The molecule has 4 aliphatic rings. The third-order valence-corrected chi connectivity index (χ3v) is 8.50. The number of alkyl halides is 1. The molecule has 1 N–H and O–H groups in total. The van der Waals surface area contributed by atoms with Gasteiger partial charge in [0, 0.05) is 44.4 Å². The Hall–Kier alpha value is -3.26. The van der Waals surface area contributed by atoms with E-state index in [4.69, 9.17) is 9.26 Å². The Labute approximate surface area is 215 Å². The van der Waals surface area contributed by atoms with Crippen LogP contribution in [0, 0.1) is 11.3 Å². The van der Waals surface area contributed by atoms with Crippen molar-refractivity contribution in [1.29, 1.82) is 5.26 Å². The number of nitrogens with zero attached hydrogens (tertiary/aromatic N) is 6. The van der Waals surface area contributed by atoms with Crippen molar-refractivity contribution in [2.75, 3.05) is 43.0 Å². The smallest absolute Gasteiger partial charge is 0.321 e. The number of pyridine rings is 1. The SMILES string of the molecule is CC1(c2noc([C@@H]3C[C@@H]3F)n2)CCN(C(=O)Nc2c(C#N)ccnc2N2CCC3(CCCCO3)C2)CC1. The monoisotopic (exact) mass is 509 g/mol. The molecule has 196 valence electrons. The second-order valence-corrected chi connectivity index (χ2v) is 11.1. The van der Waals surface area contributed by atoms with Crippen molar-refractivity contribution in [3.8, 4) is 6.07 Å². The van der Waals surface area contributed by atoms with Crippen molar-refractivity contribution in [2.45, 2.75) is 75.0 Å². The number of piperidine rings is 1. The number of halogens is 1. The number of hydrogen-bond acceptors (Lipinski definition) is 8. The van der Waals surface area contributed by atoms with E-state index < -0.39 is 6.17 Å². The Morgan fingerprint density at radius 1 is 1.24 bits per heavy atom. The number of likely N-dealkylation sites (tertiary alicyclic amines) is 1. The van der Waals surface area contributed by atoms with Gasteiger partial charge in [0.25, 0.3) is 0 Å². The molecule has 3 atom stereocenters. The average Bonchev–Trinajstić information content (AvgIpc) is 3.28. The summed E-state index contributed by atoms with van der Waals surface area (Å²) in [4.78, 5) is 26.2. The molecular weight excluding hydrogens is 477 g/mol. The number of aromatic nitrogens is 3. The average molecular weight is 510 g/mol. The number of rotatable bonds is 4. The number of amides is 2. The Kier molecular flexibility index (Phi) is 6.02. The van der Waals surface area contributed by atoms with E-state index in [9.17, 15) is 14.4 Å². The Morgan fingerprint density at radius 3 is 2.76 bits per heavy atom. The van der Waals surface area contributed by atoms with E-state index in [2.05, 4.69) is 38.3 Å². The van der Waals surface area contributed by atoms with E-state index in [0.717, 1.165) is 38.8 Å². The largest absolute Gasteiger partial charge is 0.373 e. The molecule has 5 heterocycles.